The van der Waals surface area contributed by atoms with Crippen LogP contribution in [0.2, 0.25) is 0 Å². The number of amides is 2. The third-order valence-electron chi connectivity index (χ3n) is 4.02. The lowest BCUT2D eigenvalue weighted by atomic mass is 10.0. The molecule has 126 valence electrons. The highest BCUT2D eigenvalue weighted by Crippen LogP contribution is 2.14. The van der Waals surface area contributed by atoms with Crippen molar-refractivity contribution in [2.24, 2.45) is 5.92 Å². The standard InChI is InChI=1S/C20H24N2O2/c1-13(2)19(23)22-17-9-6-8-16(11-17)12-21-20(24)18-10-5-7-14(3)15(18)4/h5-11,13H,12H2,1-4H3,(H,21,24)(H,22,23). The first-order valence-electron chi connectivity index (χ1n) is 8.12. The molecule has 0 saturated carbocycles. The number of aryl methyl sites for hydroxylation is 1. The van der Waals surface area contributed by atoms with Crippen molar-refractivity contribution in [1.29, 1.82) is 0 Å². The smallest absolute Gasteiger partial charge is 0.251 e. The molecule has 0 heterocycles. The van der Waals surface area contributed by atoms with Gasteiger partial charge in [-0.1, -0.05) is 38.1 Å². The third-order valence-corrected chi connectivity index (χ3v) is 4.02. The van der Waals surface area contributed by atoms with Crippen LogP contribution >= 0.6 is 0 Å². The molecule has 0 aliphatic heterocycles. The molecule has 0 radical (unpaired) electrons. The molecule has 0 unspecified atom stereocenters. The Kier molecular flexibility index (Phi) is 5.74. The maximum Gasteiger partial charge on any atom is 0.251 e. The lowest BCUT2D eigenvalue weighted by molar-refractivity contribution is -0.118. The van der Waals surface area contributed by atoms with Gasteiger partial charge in [0.2, 0.25) is 5.91 Å². The largest absolute Gasteiger partial charge is 0.348 e. The Morgan fingerprint density at radius 3 is 2.46 bits per heavy atom. The number of nitrogens with one attached hydrogen (secondary N) is 2. The number of hydrogen-bond acceptors (Lipinski definition) is 2. The van der Waals surface area contributed by atoms with Crippen LogP contribution < -0.4 is 10.6 Å². The summed E-state index contributed by atoms with van der Waals surface area (Å²) in [6.07, 6.45) is 0. The average Bonchev–Trinajstić information content (AvgIpc) is 2.55. The summed E-state index contributed by atoms with van der Waals surface area (Å²) in [5.41, 5.74) is 4.47. The molecule has 2 aromatic rings. The van der Waals surface area contributed by atoms with Gasteiger partial charge in [0.25, 0.3) is 5.91 Å². The monoisotopic (exact) mass is 324 g/mol. The number of rotatable bonds is 5. The molecule has 4 heteroatoms. The fourth-order valence-electron chi connectivity index (χ4n) is 2.32. The van der Waals surface area contributed by atoms with Gasteiger partial charge in [0.1, 0.15) is 0 Å². The number of carbonyl (C=O) groups is 2. The number of anilines is 1. The predicted octanol–water partition coefficient (Wildman–Crippen LogP) is 3.83. The Balaban J connectivity index is 2.03. The molecule has 2 rings (SSSR count). The van der Waals surface area contributed by atoms with E-state index in [1.165, 1.54) is 0 Å². The Bertz CT molecular complexity index is 751. The predicted molar refractivity (Wildman–Crippen MR) is 97.0 cm³/mol. The number of hydrogen-bond donors (Lipinski definition) is 2. The van der Waals surface area contributed by atoms with Gasteiger partial charge in [-0.25, -0.2) is 0 Å². The van der Waals surface area contributed by atoms with Crippen molar-refractivity contribution in [2.75, 3.05) is 5.32 Å². The summed E-state index contributed by atoms with van der Waals surface area (Å²) < 4.78 is 0. The second-order valence-electron chi connectivity index (χ2n) is 6.27. The molecular formula is C20H24N2O2. The van der Waals surface area contributed by atoms with Gasteiger partial charge >= 0.3 is 0 Å². The lowest BCUT2D eigenvalue weighted by Crippen LogP contribution is -2.24. The molecule has 0 saturated heterocycles. The number of benzene rings is 2. The minimum absolute atomic E-state index is 0.0217. The molecule has 4 nitrogen and oxygen atoms in total. The van der Waals surface area contributed by atoms with E-state index >= 15 is 0 Å². The van der Waals surface area contributed by atoms with Crippen LogP contribution in [-0.2, 0) is 11.3 Å². The second-order valence-corrected chi connectivity index (χ2v) is 6.27. The highest BCUT2D eigenvalue weighted by atomic mass is 16.2. The van der Waals surface area contributed by atoms with Crippen molar-refractivity contribution in [2.45, 2.75) is 34.2 Å². The maximum atomic E-state index is 12.4. The second kappa shape index (κ2) is 7.77. The van der Waals surface area contributed by atoms with Crippen LogP contribution in [0.1, 0.15) is 40.9 Å². The first kappa shape index (κ1) is 17.7. The summed E-state index contributed by atoms with van der Waals surface area (Å²) >= 11 is 0. The van der Waals surface area contributed by atoms with E-state index in [0.29, 0.717) is 12.1 Å². The fourth-order valence-corrected chi connectivity index (χ4v) is 2.32. The normalized spacial score (nSPS) is 10.5. The van der Waals surface area contributed by atoms with Gasteiger partial charge in [-0.05, 0) is 48.7 Å². The van der Waals surface area contributed by atoms with Crippen LogP contribution in [0.25, 0.3) is 0 Å². The van der Waals surface area contributed by atoms with Gasteiger partial charge in [-0.15, -0.1) is 0 Å². The van der Waals surface area contributed by atoms with Crippen LogP contribution in [0.4, 0.5) is 5.69 Å². The number of carbonyl (C=O) groups excluding carboxylic acids is 2. The highest BCUT2D eigenvalue weighted by molar-refractivity contribution is 5.96. The van der Waals surface area contributed by atoms with Gasteiger partial charge in [-0.2, -0.15) is 0 Å². The molecule has 0 spiro atoms. The average molecular weight is 324 g/mol. The Morgan fingerprint density at radius 2 is 1.75 bits per heavy atom. The van der Waals surface area contributed by atoms with E-state index in [4.69, 9.17) is 0 Å². The molecule has 2 amide bonds. The minimum Gasteiger partial charge on any atom is -0.348 e. The van der Waals surface area contributed by atoms with Crippen LogP contribution in [0.3, 0.4) is 0 Å². The zero-order valence-electron chi connectivity index (χ0n) is 14.6. The van der Waals surface area contributed by atoms with E-state index < -0.39 is 0 Å². The van der Waals surface area contributed by atoms with Crippen LogP contribution in [0, 0.1) is 19.8 Å². The van der Waals surface area contributed by atoms with Crippen LogP contribution in [-0.4, -0.2) is 11.8 Å². The van der Waals surface area contributed by atoms with E-state index in [0.717, 1.165) is 22.4 Å². The summed E-state index contributed by atoms with van der Waals surface area (Å²) in [6.45, 7) is 8.06. The Labute approximate surface area is 143 Å². The first-order chi connectivity index (χ1) is 11.4. The van der Waals surface area contributed by atoms with Gasteiger partial charge in [-0.3, -0.25) is 9.59 Å². The van der Waals surface area contributed by atoms with Crippen molar-refractivity contribution < 1.29 is 9.59 Å². The molecule has 0 fully saturated rings. The Morgan fingerprint density at radius 1 is 1.04 bits per heavy atom. The van der Waals surface area contributed by atoms with Gasteiger partial charge in [0.05, 0.1) is 0 Å². The lowest BCUT2D eigenvalue weighted by Gasteiger charge is -2.11. The molecule has 0 bridgehead atoms. The molecule has 0 aliphatic carbocycles. The van der Waals surface area contributed by atoms with Crippen molar-refractivity contribution in [1.82, 2.24) is 5.32 Å². The van der Waals surface area contributed by atoms with Crippen molar-refractivity contribution in [3.63, 3.8) is 0 Å². The zero-order chi connectivity index (χ0) is 17.7. The zero-order valence-corrected chi connectivity index (χ0v) is 14.6. The fraction of sp³-hybridized carbons (Fsp3) is 0.300. The summed E-state index contributed by atoms with van der Waals surface area (Å²) in [7, 11) is 0. The van der Waals surface area contributed by atoms with Gasteiger partial charge in [0, 0.05) is 23.7 Å². The van der Waals surface area contributed by atoms with Gasteiger partial charge in [0.15, 0.2) is 0 Å². The minimum atomic E-state index is -0.0900. The van der Waals surface area contributed by atoms with Crippen molar-refractivity contribution in [3.8, 4) is 0 Å². The SMILES string of the molecule is Cc1cccc(C(=O)NCc2cccc(NC(=O)C(C)C)c2)c1C. The molecular weight excluding hydrogens is 300 g/mol. The molecule has 0 atom stereocenters. The van der Waals surface area contributed by atoms with E-state index in [-0.39, 0.29) is 17.7 Å². The van der Waals surface area contributed by atoms with E-state index in [1.54, 1.807) is 0 Å². The van der Waals surface area contributed by atoms with Crippen LogP contribution in [0.15, 0.2) is 42.5 Å². The third kappa shape index (κ3) is 4.44. The summed E-state index contributed by atoms with van der Waals surface area (Å²) in [6, 6.07) is 13.2. The maximum absolute atomic E-state index is 12.4. The molecule has 0 aliphatic rings. The molecule has 2 N–H and O–H groups in total. The Hall–Kier alpha value is -2.62. The summed E-state index contributed by atoms with van der Waals surface area (Å²) in [5, 5.41) is 5.80. The first-order valence-corrected chi connectivity index (χ1v) is 8.12. The van der Waals surface area contributed by atoms with Crippen LogP contribution in [0.5, 0.6) is 0 Å². The topological polar surface area (TPSA) is 58.2 Å². The van der Waals surface area contributed by atoms with E-state index in [1.807, 2.05) is 70.2 Å². The molecule has 24 heavy (non-hydrogen) atoms. The highest BCUT2D eigenvalue weighted by Gasteiger charge is 2.10. The quantitative estimate of drug-likeness (QED) is 0.878. The summed E-state index contributed by atoms with van der Waals surface area (Å²) in [4.78, 5) is 24.1. The van der Waals surface area contributed by atoms with Gasteiger partial charge < -0.3 is 10.6 Å². The van der Waals surface area contributed by atoms with Crippen molar-refractivity contribution in [3.05, 3.63) is 64.7 Å². The molecule has 0 aromatic heterocycles. The van der Waals surface area contributed by atoms with E-state index in [9.17, 15) is 9.59 Å². The van der Waals surface area contributed by atoms with E-state index in [2.05, 4.69) is 10.6 Å². The summed E-state index contributed by atoms with van der Waals surface area (Å²) in [5.74, 6) is -0.183. The van der Waals surface area contributed by atoms with Crippen molar-refractivity contribution >= 4 is 17.5 Å². The molecule has 2 aromatic carbocycles.